The lowest BCUT2D eigenvalue weighted by molar-refractivity contribution is 0.0830. The maximum Gasteiger partial charge on any atom is 0.287 e. The molecule has 0 aliphatic carbocycles. The number of rotatable bonds is 5. The number of piperazine rings is 1. The van der Waals surface area contributed by atoms with Crippen LogP contribution in [0.3, 0.4) is 0 Å². The number of hydrogen-bond donors (Lipinski definition) is 1. The summed E-state index contributed by atoms with van der Waals surface area (Å²) in [5.41, 5.74) is 0.0236. The molecule has 0 bridgehead atoms. The molecule has 0 unspecified atom stereocenters. The number of aryl methyl sites for hydroxylation is 1. The fraction of sp³-hybridized carbons (Fsp3) is 0.364. The Hall–Kier alpha value is -2.61. The zero-order valence-electron chi connectivity index (χ0n) is 17.0. The van der Waals surface area contributed by atoms with Crippen LogP contribution in [-0.2, 0) is 0 Å². The van der Waals surface area contributed by atoms with Gasteiger partial charge in [0.1, 0.15) is 17.1 Å². The monoisotopic (exact) mass is 429 g/mol. The van der Waals surface area contributed by atoms with E-state index < -0.39 is 5.91 Å². The van der Waals surface area contributed by atoms with Crippen LogP contribution in [0.25, 0.3) is 11.0 Å². The summed E-state index contributed by atoms with van der Waals surface area (Å²) in [6.45, 7) is 5.90. The number of furan rings is 1. The van der Waals surface area contributed by atoms with E-state index in [0.717, 1.165) is 37.7 Å². The van der Waals surface area contributed by atoms with Crippen LogP contribution in [0, 0.1) is 6.92 Å². The second-order valence-corrected chi connectivity index (χ2v) is 8.07. The summed E-state index contributed by atoms with van der Waals surface area (Å²) in [6.07, 6.45) is 0. The van der Waals surface area contributed by atoms with E-state index in [1.54, 1.807) is 12.1 Å². The summed E-state index contributed by atoms with van der Waals surface area (Å²) >= 11 is 5.94. The molecule has 30 heavy (non-hydrogen) atoms. The molecular formula is C22H24ClN3O4. The summed E-state index contributed by atoms with van der Waals surface area (Å²) in [4.78, 5) is 29.7. The molecule has 1 amide bonds. The lowest BCUT2D eigenvalue weighted by Gasteiger charge is -2.37. The maximum absolute atomic E-state index is 12.8. The largest absolute Gasteiger partial charge is 0.465 e. The van der Waals surface area contributed by atoms with Crippen molar-refractivity contribution in [2.45, 2.75) is 13.0 Å². The first-order chi connectivity index (χ1) is 14.4. The molecule has 1 atom stereocenters. The minimum Gasteiger partial charge on any atom is -0.465 e. The summed E-state index contributed by atoms with van der Waals surface area (Å²) in [7, 11) is 2.10. The standard InChI is InChI=1S/C22H24ClN3O4/c1-14-3-5-20(29-14)17(26-9-7-25(2)8-10-26)13-24-22(28)21-12-18(27)16-11-15(23)4-6-19(16)30-21/h3-6,11-12,17H,7-10,13H2,1-2H3,(H,24,28)/t17-/m1/s1. The van der Waals surface area contributed by atoms with Crippen molar-refractivity contribution < 1.29 is 13.6 Å². The Morgan fingerprint density at radius 3 is 2.60 bits per heavy atom. The fourth-order valence-corrected chi connectivity index (χ4v) is 3.86. The van der Waals surface area contributed by atoms with E-state index in [1.165, 1.54) is 12.1 Å². The van der Waals surface area contributed by atoms with Gasteiger partial charge in [-0.3, -0.25) is 14.5 Å². The minimum atomic E-state index is -0.439. The normalized spacial score (nSPS) is 16.6. The predicted octanol–water partition coefficient (Wildman–Crippen LogP) is 3.07. The van der Waals surface area contributed by atoms with Crippen LogP contribution >= 0.6 is 11.6 Å². The highest BCUT2D eigenvalue weighted by molar-refractivity contribution is 6.31. The predicted molar refractivity (Wildman–Crippen MR) is 115 cm³/mol. The zero-order chi connectivity index (χ0) is 21.3. The highest BCUT2D eigenvalue weighted by Gasteiger charge is 2.27. The van der Waals surface area contributed by atoms with E-state index in [-0.39, 0.29) is 17.2 Å². The second-order valence-electron chi connectivity index (χ2n) is 7.63. The number of carbonyl (C=O) groups excluding carboxylic acids is 1. The number of nitrogens with zero attached hydrogens (tertiary/aromatic N) is 2. The molecule has 1 aliphatic rings. The highest BCUT2D eigenvalue weighted by Crippen LogP contribution is 2.24. The molecule has 1 saturated heterocycles. The van der Waals surface area contributed by atoms with Crippen LogP contribution in [0.15, 0.2) is 50.0 Å². The van der Waals surface area contributed by atoms with Gasteiger partial charge in [-0.2, -0.15) is 0 Å². The first-order valence-corrected chi connectivity index (χ1v) is 10.3. The lowest BCUT2D eigenvalue weighted by atomic mass is 10.1. The molecule has 158 valence electrons. The minimum absolute atomic E-state index is 0.0254. The van der Waals surface area contributed by atoms with Crippen LogP contribution in [0.2, 0.25) is 5.02 Å². The van der Waals surface area contributed by atoms with Crippen molar-refractivity contribution in [2.24, 2.45) is 0 Å². The summed E-state index contributed by atoms with van der Waals surface area (Å²) in [5, 5.41) is 3.69. The molecule has 1 aromatic carbocycles. The van der Waals surface area contributed by atoms with E-state index in [1.807, 2.05) is 19.1 Å². The number of fused-ring (bicyclic) bond motifs is 1. The Bertz CT molecular complexity index is 1120. The third-order valence-electron chi connectivity index (χ3n) is 5.44. The van der Waals surface area contributed by atoms with Gasteiger partial charge in [0, 0.05) is 43.8 Å². The first-order valence-electron chi connectivity index (χ1n) is 9.91. The number of benzene rings is 1. The van der Waals surface area contributed by atoms with Crippen molar-refractivity contribution in [3.05, 3.63) is 68.9 Å². The van der Waals surface area contributed by atoms with Crippen LogP contribution in [-0.4, -0.2) is 55.5 Å². The molecule has 1 N–H and O–H groups in total. The number of nitrogens with one attached hydrogen (secondary N) is 1. The molecule has 1 aliphatic heterocycles. The molecule has 0 radical (unpaired) electrons. The molecule has 3 heterocycles. The third-order valence-corrected chi connectivity index (χ3v) is 5.67. The zero-order valence-corrected chi connectivity index (χ0v) is 17.7. The van der Waals surface area contributed by atoms with Crippen molar-refractivity contribution in [1.29, 1.82) is 0 Å². The second kappa shape index (κ2) is 8.63. The quantitative estimate of drug-likeness (QED) is 0.671. The van der Waals surface area contributed by atoms with Crippen molar-refractivity contribution in [2.75, 3.05) is 39.8 Å². The fourth-order valence-electron chi connectivity index (χ4n) is 3.69. The van der Waals surface area contributed by atoms with Crippen molar-refractivity contribution in [3.8, 4) is 0 Å². The van der Waals surface area contributed by atoms with Gasteiger partial charge in [0.15, 0.2) is 11.2 Å². The van der Waals surface area contributed by atoms with Gasteiger partial charge in [-0.05, 0) is 44.3 Å². The number of carbonyl (C=O) groups is 1. The molecule has 2 aromatic heterocycles. The topological polar surface area (TPSA) is 78.9 Å². The van der Waals surface area contributed by atoms with Gasteiger partial charge in [-0.15, -0.1) is 0 Å². The molecule has 3 aromatic rings. The maximum atomic E-state index is 12.8. The van der Waals surface area contributed by atoms with Gasteiger partial charge >= 0.3 is 0 Å². The van der Waals surface area contributed by atoms with E-state index >= 15 is 0 Å². The lowest BCUT2D eigenvalue weighted by Crippen LogP contribution is -2.48. The Balaban J connectivity index is 1.53. The number of likely N-dealkylation sites (N-methyl/N-ethyl adjacent to an activating group) is 1. The van der Waals surface area contributed by atoms with Crippen molar-refractivity contribution in [1.82, 2.24) is 15.1 Å². The van der Waals surface area contributed by atoms with Gasteiger partial charge in [0.2, 0.25) is 0 Å². The molecule has 7 nitrogen and oxygen atoms in total. The van der Waals surface area contributed by atoms with Crippen molar-refractivity contribution >= 4 is 28.5 Å². The highest BCUT2D eigenvalue weighted by atomic mass is 35.5. The molecule has 8 heteroatoms. The van der Waals surface area contributed by atoms with E-state index in [0.29, 0.717) is 22.5 Å². The van der Waals surface area contributed by atoms with Crippen LogP contribution < -0.4 is 10.7 Å². The summed E-state index contributed by atoms with van der Waals surface area (Å²) < 4.78 is 11.5. The first kappa shape index (κ1) is 20.7. The molecule has 4 rings (SSSR count). The Morgan fingerprint density at radius 1 is 1.13 bits per heavy atom. The van der Waals surface area contributed by atoms with Crippen molar-refractivity contribution in [3.63, 3.8) is 0 Å². The molecule has 1 fully saturated rings. The van der Waals surface area contributed by atoms with Crippen LogP contribution in [0.5, 0.6) is 0 Å². The van der Waals surface area contributed by atoms with Crippen LogP contribution in [0.4, 0.5) is 0 Å². The third kappa shape index (κ3) is 4.43. The number of amides is 1. The van der Waals surface area contributed by atoms with E-state index in [2.05, 4.69) is 22.2 Å². The smallest absolute Gasteiger partial charge is 0.287 e. The number of halogens is 1. The molecule has 0 saturated carbocycles. The van der Waals surface area contributed by atoms with E-state index in [4.69, 9.17) is 20.4 Å². The van der Waals surface area contributed by atoms with Crippen LogP contribution in [0.1, 0.15) is 28.1 Å². The van der Waals surface area contributed by atoms with Gasteiger partial charge in [-0.1, -0.05) is 11.6 Å². The summed E-state index contributed by atoms with van der Waals surface area (Å²) in [5.74, 6) is 1.18. The SMILES string of the molecule is Cc1ccc([C@@H](CNC(=O)c2cc(=O)c3cc(Cl)ccc3o2)N2CCN(C)CC2)o1. The van der Waals surface area contributed by atoms with E-state index in [9.17, 15) is 9.59 Å². The Kier molecular flexibility index (Phi) is 5.94. The van der Waals surface area contributed by atoms with Gasteiger partial charge in [0.25, 0.3) is 5.91 Å². The van der Waals surface area contributed by atoms with Gasteiger partial charge in [-0.25, -0.2) is 0 Å². The summed E-state index contributed by atoms with van der Waals surface area (Å²) in [6, 6.07) is 9.73. The van der Waals surface area contributed by atoms with Gasteiger partial charge < -0.3 is 19.1 Å². The molecule has 0 spiro atoms. The van der Waals surface area contributed by atoms with Gasteiger partial charge in [0.05, 0.1) is 11.4 Å². The Labute approximate surface area is 179 Å². The Morgan fingerprint density at radius 2 is 1.90 bits per heavy atom. The number of hydrogen-bond acceptors (Lipinski definition) is 6. The average molecular weight is 430 g/mol. The molecular weight excluding hydrogens is 406 g/mol. The average Bonchev–Trinajstić information content (AvgIpc) is 3.15.